The number of carbonyl (C=O) groups excluding carboxylic acids is 2. The van der Waals surface area contributed by atoms with Crippen molar-refractivity contribution in [1.82, 2.24) is 9.97 Å². The largest absolute Gasteiger partial charge is 0.345 e. The summed E-state index contributed by atoms with van der Waals surface area (Å²) in [6.07, 6.45) is 2.03. The third-order valence-electron chi connectivity index (χ3n) is 1.95. The molecule has 0 spiro atoms. The van der Waals surface area contributed by atoms with Crippen LogP contribution in [0.2, 0.25) is 0 Å². The fraction of sp³-hybridized carbons (Fsp3) is 0. The summed E-state index contributed by atoms with van der Waals surface area (Å²) in [6, 6.07) is 3.21. The van der Waals surface area contributed by atoms with Crippen molar-refractivity contribution >= 4 is 34.2 Å². The summed E-state index contributed by atoms with van der Waals surface area (Å²) in [5.41, 5.74) is 1.51. The summed E-state index contributed by atoms with van der Waals surface area (Å²) < 4.78 is 0. The van der Waals surface area contributed by atoms with E-state index in [2.05, 4.69) is 9.97 Å². The van der Waals surface area contributed by atoms with Gasteiger partial charge in [0, 0.05) is 5.56 Å². The van der Waals surface area contributed by atoms with Crippen LogP contribution < -0.4 is 0 Å². The van der Waals surface area contributed by atoms with Crippen LogP contribution in [0, 0.1) is 0 Å². The fourth-order valence-electron chi connectivity index (χ4n) is 1.33. The molecule has 0 bridgehead atoms. The second-order valence-corrected chi connectivity index (χ2v) is 3.06. The number of halogens is 1. The molecule has 0 unspecified atom stereocenters. The lowest BCUT2D eigenvalue weighted by molar-refractivity contribution is 0.106. The number of carbonyl (C=O) groups is 2. The van der Waals surface area contributed by atoms with E-state index in [0.717, 1.165) is 0 Å². The number of imidazole rings is 1. The summed E-state index contributed by atoms with van der Waals surface area (Å²) in [5, 5.41) is -0.676. The molecule has 0 fully saturated rings. The zero-order valence-corrected chi connectivity index (χ0v) is 7.71. The Labute approximate surface area is 83.9 Å². The average molecular weight is 209 g/mol. The van der Waals surface area contributed by atoms with E-state index in [1.54, 1.807) is 6.07 Å². The minimum Gasteiger partial charge on any atom is -0.345 e. The molecule has 0 saturated carbocycles. The zero-order valence-electron chi connectivity index (χ0n) is 6.95. The summed E-state index contributed by atoms with van der Waals surface area (Å²) in [6.45, 7) is 0. The third kappa shape index (κ3) is 1.20. The number of aromatic amines is 1. The van der Waals surface area contributed by atoms with Crippen molar-refractivity contribution in [1.29, 1.82) is 0 Å². The lowest BCUT2D eigenvalue weighted by Gasteiger charge is -1.99. The lowest BCUT2D eigenvalue weighted by atomic mass is 10.1. The van der Waals surface area contributed by atoms with Crippen LogP contribution >= 0.6 is 11.6 Å². The molecule has 1 N–H and O–H groups in total. The first-order valence-corrected chi connectivity index (χ1v) is 4.23. The molecule has 0 aliphatic carbocycles. The van der Waals surface area contributed by atoms with Gasteiger partial charge in [0.2, 0.25) is 0 Å². The summed E-state index contributed by atoms with van der Waals surface area (Å²) in [5.74, 6) is 0. The molecular formula is C9H5ClN2O2. The van der Waals surface area contributed by atoms with E-state index in [-0.39, 0.29) is 11.1 Å². The predicted octanol–water partition coefficient (Wildman–Crippen LogP) is 1.75. The van der Waals surface area contributed by atoms with Crippen molar-refractivity contribution in [3.8, 4) is 0 Å². The van der Waals surface area contributed by atoms with Crippen LogP contribution in [0.25, 0.3) is 11.0 Å². The summed E-state index contributed by atoms with van der Waals surface area (Å²) in [7, 11) is 0. The molecule has 1 aromatic heterocycles. The molecule has 0 amide bonds. The first-order chi connectivity index (χ1) is 6.74. The quantitative estimate of drug-likeness (QED) is 0.604. The number of aromatic nitrogens is 2. The van der Waals surface area contributed by atoms with Gasteiger partial charge in [0.15, 0.2) is 6.29 Å². The maximum atomic E-state index is 11.1. The Morgan fingerprint density at radius 2 is 2.29 bits per heavy atom. The van der Waals surface area contributed by atoms with Gasteiger partial charge in [-0.05, 0) is 23.7 Å². The highest BCUT2D eigenvalue weighted by Crippen LogP contribution is 2.20. The van der Waals surface area contributed by atoms with Gasteiger partial charge >= 0.3 is 0 Å². The number of fused-ring (bicyclic) bond motifs is 1. The number of rotatable bonds is 2. The van der Waals surface area contributed by atoms with Crippen LogP contribution in [-0.4, -0.2) is 21.5 Å². The maximum Gasteiger partial charge on any atom is 0.255 e. The Morgan fingerprint density at radius 1 is 1.50 bits per heavy atom. The minimum atomic E-state index is -0.676. The highest BCUT2D eigenvalue weighted by atomic mass is 35.5. The van der Waals surface area contributed by atoms with Gasteiger partial charge in [0.25, 0.3) is 5.24 Å². The SMILES string of the molecule is O=Cc1ccc2[nH]cnc2c1C(=O)Cl. The maximum absolute atomic E-state index is 11.1. The van der Waals surface area contributed by atoms with Crippen LogP contribution in [0.3, 0.4) is 0 Å². The Morgan fingerprint density at radius 3 is 2.93 bits per heavy atom. The molecular weight excluding hydrogens is 204 g/mol. The molecule has 2 aromatic rings. The predicted molar refractivity (Wildman–Crippen MR) is 51.7 cm³/mol. The van der Waals surface area contributed by atoms with Crippen molar-refractivity contribution in [3.63, 3.8) is 0 Å². The van der Waals surface area contributed by atoms with E-state index in [4.69, 9.17) is 11.6 Å². The monoisotopic (exact) mass is 208 g/mol. The first-order valence-electron chi connectivity index (χ1n) is 3.85. The number of hydrogen-bond acceptors (Lipinski definition) is 3. The van der Waals surface area contributed by atoms with Crippen LogP contribution in [0.5, 0.6) is 0 Å². The summed E-state index contributed by atoms with van der Waals surface area (Å²) in [4.78, 5) is 28.5. The lowest BCUT2D eigenvalue weighted by Crippen LogP contribution is -1.97. The van der Waals surface area contributed by atoms with Gasteiger partial charge in [-0.25, -0.2) is 4.98 Å². The minimum absolute atomic E-state index is 0.153. The average Bonchev–Trinajstić information content (AvgIpc) is 2.62. The molecule has 2 rings (SSSR count). The van der Waals surface area contributed by atoms with Gasteiger partial charge < -0.3 is 4.98 Å². The van der Waals surface area contributed by atoms with Gasteiger partial charge in [-0.2, -0.15) is 0 Å². The molecule has 0 atom stereocenters. The number of nitrogens with one attached hydrogen (secondary N) is 1. The van der Waals surface area contributed by atoms with E-state index in [9.17, 15) is 9.59 Å². The molecule has 0 aliphatic rings. The van der Waals surface area contributed by atoms with Crippen molar-refractivity contribution in [2.75, 3.05) is 0 Å². The number of hydrogen-bond donors (Lipinski definition) is 1. The highest BCUT2D eigenvalue weighted by Gasteiger charge is 2.14. The normalized spacial score (nSPS) is 10.4. The molecule has 1 aromatic carbocycles. The summed E-state index contributed by atoms with van der Waals surface area (Å²) >= 11 is 5.37. The topological polar surface area (TPSA) is 62.8 Å². The van der Waals surface area contributed by atoms with Crippen molar-refractivity contribution in [3.05, 3.63) is 29.6 Å². The third-order valence-corrected chi connectivity index (χ3v) is 2.14. The van der Waals surface area contributed by atoms with E-state index in [0.29, 0.717) is 17.3 Å². The molecule has 4 nitrogen and oxygen atoms in total. The first kappa shape index (κ1) is 8.90. The van der Waals surface area contributed by atoms with Gasteiger partial charge in [-0.15, -0.1) is 0 Å². The second kappa shape index (κ2) is 3.23. The van der Waals surface area contributed by atoms with Crippen molar-refractivity contribution in [2.24, 2.45) is 0 Å². The Bertz CT molecular complexity index is 519. The van der Waals surface area contributed by atoms with Gasteiger partial charge in [-0.1, -0.05) is 0 Å². The van der Waals surface area contributed by atoms with Gasteiger partial charge in [0.1, 0.15) is 5.52 Å². The highest BCUT2D eigenvalue weighted by molar-refractivity contribution is 6.69. The second-order valence-electron chi connectivity index (χ2n) is 2.72. The van der Waals surface area contributed by atoms with Crippen molar-refractivity contribution in [2.45, 2.75) is 0 Å². The zero-order chi connectivity index (χ0) is 10.1. The standard InChI is InChI=1S/C9H5ClN2O2/c10-9(14)7-5(3-13)1-2-6-8(7)12-4-11-6/h1-4H,(H,11,12). The fourth-order valence-corrected chi connectivity index (χ4v) is 1.53. The van der Waals surface area contributed by atoms with Crippen LogP contribution in [0.1, 0.15) is 20.7 Å². The molecule has 0 radical (unpaired) electrons. The van der Waals surface area contributed by atoms with E-state index >= 15 is 0 Å². The van der Waals surface area contributed by atoms with Crippen LogP contribution in [-0.2, 0) is 0 Å². The van der Waals surface area contributed by atoms with E-state index in [1.807, 2.05) is 0 Å². The van der Waals surface area contributed by atoms with Gasteiger partial charge in [-0.3, -0.25) is 9.59 Å². The smallest absolute Gasteiger partial charge is 0.255 e. The van der Waals surface area contributed by atoms with Gasteiger partial charge in [0.05, 0.1) is 17.4 Å². The van der Waals surface area contributed by atoms with Crippen LogP contribution in [0.15, 0.2) is 18.5 Å². The number of H-pyrrole nitrogens is 1. The van der Waals surface area contributed by atoms with E-state index in [1.165, 1.54) is 12.4 Å². The Balaban J connectivity index is 2.88. The number of nitrogens with zero attached hydrogens (tertiary/aromatic N) is 1. The number of benzene rings is 1. The molecule has 5 heteroatoms. The Hall–Kier alpha value is -1.68. The van der Waals surface area contributed by atoms with E-state index < -0.39 is 5.24 Å². The molecule has 0 aliphatic heterocycles. The molecule has 1 heterocycles. The molecule has 70 valence electrons. The van der Waals surface area contributed by atoms with Crippen molar-refractivity contribution < 1.29 is 9.59 Å². The molecule has 14 heavy (non-hydrogen) atoms. The number of aldehydes is 1. The van der Waals surface area contributed by atoms with Crippen LogP contribution in [0.4, 0.5) is 0 Å². The molecule has 0 saturated heterocycles. The Kier molecular flexibility index (Phi) is 2.05.